The Labute approximate surface area is 116 Å². The summed E-state index contributed by atoms with van der Waals surface area (Å²) in [5.74, 6) is 5.79. The highest BCUT2D eigenvalue weighted by Crippen LogP contribution is 2.32. The van der Waals surface area contributed by atoms with Crippen molar-refractivity contribution in [2.45, 2.75) is 13.0 Å². The zero-order chi connectivity index (χ0) is 13.2. The molecule has 3 aromatic rings. The Balaban J connectivity index is 2.20. The first kappa shape index (κ1) is 12.3. The first-order chi connectivity index (χ1) is 9.31. The lowest BCUT2D eigenvalue weighted by Crippen LogP contribution is -2.28. The van der Waals surface area contributed by atoms with Gasteiger partial charge in [-0.2, -0.15) is 0 Å². The highest BCUT2D eigenvalue weighted by Gasteiger charge is 2.18. The second-order valence-electron chi connectivity index (χ2n) is 4.48. The van der Waals surface area contributed by atoms with Gasteiger partial charge in [-0.25, -0.2) is 5.43 Å². The minimum Gasteiger partial charge on any atom is -0.271 e. The van der Waals surface area contributed by atoms with E-state index in [1.807, 2.05) is 30.5 Å². The fraction of sp³-hybridized carbons (Fsp3) is 0.133. The molecule has 0 aliphatic heterocycles. The Morgan fingerprint density at radius 1 is 1.21 bits per heavy atom. The second-order valence-corrected chi connectivity index (χ2v) is 5.43. The maximum Gasteiger partial charge on any atom is 0.0812 e. The van der Waals surface area contributed by atoms with Crippen molar-refractivity contribution in [1.29, 1.82) is 0 Å². The minimum absolute atomic E-state index is 0.00731. The molecule has 3 N–H and O–H groups in total. The van der Waals surface area contributed by atoms with E-state index in [2.05, 4.69) is 34.8 Å². The number of hydrazine groups is 1. The molecule has 0 spiro atoms. The third-order valence-corrected chi connectivity index (χ3v) is 4.41. The summed E-state index contributed by atoms with van der Waals surface area (Å²) in [7, 11) is 0. The summed E-state index contributed by atoms with van der Waals surface area (Å²) in [5, 5.41) is 3.24. The molecule has 3 nitrogen and oxygen atoms in total. The quantitative estimate of drug-likeness (QED) is 0.567. The Morgan fingerprint density at radius 2 is 2.05 bits per heavy atom. The van der Waals surface area contributed by atoms with E-state index in [0.29, 0.717) is 0 Å². The van der Waals surface area contributed by atoms with Crippen molar-refractivity contribution in [3.05, 3.63) is 64.0 Å². The summed E-state index contributed by atoms with van der Waals surface area (Å²) in [4.78, 5) is 5.65. The van der Waals surface area contributed by atoms with Gasteiger partial charge in [0.25, 0.3) is 0 Å². The second kappa shape index (κ2) is 5.09. The van der Waals surface area contributed by atoms with Gasteiger partial charge < -0.3 is 0 Å². The molecule has 1 unspecified atom stereocenters. The van der Waals surface area contributed by atoms with Gasteiger partial charge in [0.1, 0.15) is 0 Å². The van der Waals surface area contributed by atoms with Gasteiger partial charge in [0.2, 0.25) is 0 Å². The number of hydrogen-bond donors (Lipinski definition) is 2. The fourth-order valence-electron chi connectivity index (χ4n) is 2.36. The van der Waals surface area contributed by atoms with Gasteiger partial charge >= 0.3 is 0 Å². The molecule has 0 aliphatic carbocycles. The third kappa shape index (κ3) is 2.14. The molecule has 3 rings (SSSR count). The van der Waals surface area contributed by atoms with Gasteiger partial charge in [-0.05, 0) is 41.6 Å². The predicted octanol–water partition coefficient (Wildman–Crippen LogP) is 3.16. The van der Waals surface area contributed by atoms with Gasteiger partial charge in [0.05, 0.1) is 11.6 Å². The maximum atomic E-state index is 5.79. The molecule has 19 heavy (non-hydrogen) atoms. The number of benzene rings is 1. The van der Waals surface area contributed by atoms with Crippen molar-refractivity contribution in [3.63, 3.8) is 0 Å². The number of rotatable bonds is 3. The molecule has 0 radical (unpaired) electrons. The van der Waals surface area contributed by atoms with E-state index in [9.17, 15) is 0 Å². The van der Waals surface area contributed by atoms with Gasteiger partial charge in [-0.3, -0.25) is 10.8 Å². The number of hydrogen-bond acceptors (Lipinski definition) is 4. The predicted molar refractivity (Wildman–Crippen MR) is 80.0 cm³/mol. The van der Waals surface area contributed by atoms with Crippen LogP contribution in [0.25, 0.3) is 10.9 Å². The van der Waals surface area contributed by atoms with Crippen molar-refractivity contribution in [3.8, 4) is 0 Å². The van der Waals surface area contributed by atoms with E-state index in [4.69, 9.17) is 5.84 Å². The summed E-state index contributed by atoms with van der Waals surface area (Å²) >= 11 is 1.72. The minimum atomic E-state index is 0.00731. The van der Waals surface area contributed by atoms with Crippen molar-refractivity contribution in [2.75, 3.05) is 0 Å². The molecule has 0 saturated carbocycles. The third-order valence-electron chi connectivity index (χ3n) is 3.32. The van der Waals surface area contributed by atoms with Crippen molar-refractivity contribution in [2.24, 2.45) is 5.84 Å². The average Bonchev–Trinajstić information content (AvgIpc) is 2.86. The first-order valence-corrected chi connectivity index (χ1v) is 7.03. The fourth-order valence-corrected chi connectivity index (χ4v) is 3.36. The highest BCUT2D eigenvalue weighted by atomic mass is 32.1. The van der Waals surface area contributed by atoms with Crippen LogP contribution in [0.3, 0.4) is 0 Å². The molecule has 2 aromatic heterocycles. The molecular formula is C15H15N3S. The van der Waals surface area contributed by atoms with E-state index in [-0.39, 0.29) is 6.04 Å². The number of pyridine rings is 1. The molecule has 96 valence electrons. The number of thiophene rings is 1. The molecule has 1 atom stereocenters. The average molecular weight is 269 g/mol. The lowest BCUT2D eigenvalue weighted by molar-refractivity contribution is 0.647. The molecule has 0 aliphatic rings. The van der Waals surface area contributed by atoms with Crippen LogP contribution in [0.2, 0.25) is 0 Å². The number of aromatic nitrogens is 1. The van der Waals surface area contributed by atoms with E-state index >= 15 is 0 Å². The van der Waals surface area contributed by atoms with Crippen molar-refractivity contribution < 1.29 is 0 Å². The van der Waals surface area contributed by atoms with E-state index in [1.54, 1.807) is 11.3 Å². The molecule has 2 heterocycles. The first-order valence-electron chi connectivity index (χ1n) is 6.15. The van der Waals surface area contributed by atoms with Gasteiger partial charge in [0, 0.05) is 16.5 Å². The monoisotopic (exact) mass is 269 g/mol. The molecule has 4 heteroatoms. The zero-order valence-electron chi connectivity index (χ0n) is 10.6. The number of nitrogens with zero attached hydrogens (tertiary/aromatic N) is 1. The summed E-state index contributed by atoms with van der Waals surface area (Å²) in [5.41, 5.74) is 6.35. The van der Waals surface area contributed by atoms with Gasteiger partial charge in [-0.1, -0.05) is 18.2 Å². The van der Waals surface area contributed by atoms with Crippen LogP contribution in [0.4, 0.5) is 0 Å². The molecule has 0 fully saturated rings. The number of fused-ring (bicyclic) bond motifs is 1. The van der Waals surface area contributed by atoms with Crippen LogP contribution in [0, 0.1) is 6.92 Å². The number of nitrogens with one attached hydrogen (secondary N) is 1. The lowest BCUT2D eigenvalue weighted by Gasteiger charge is -2.18. The lowest BCUT2D eigenvalue weighted by atomic mass is 10.00. The Bertz CT molecular complexity index is 700. The van der Waals surface area contributed by atoms with Gasteiger partial charge in [0.15, 0.2) is 0 Å². The van der Waals surface area contributed by atoms with E-state index < -0.39 is 0 Å². The van der Waals surface area contributed by atoms with Crippen LogP contribution in [-0.2, 0) is 0 Å². The summed E-state index contributed by atoms with van der Waals surface area (Å²) in [6, 6.07) is 12.3. The van der Waals surface area contributed by atoms with Crippen molar-refractivity contribution in [1.82, 2.24) is 10.4 Å². The summed E-state index contributed by atoms with van der Waals surface area (Å²) in [6.45, 7) is 2.11. The van der Waals surface area contributed by atoms with Crippen LogP contribution < -0.4 is 11.3 Å². The Hall–Kier alpha value is -1.75. The highest BCUT2D eigenvalue weighted by molar-refractivity contribution is 7.10. The summed E-state index contributed by atoms with van der Waals surface area (Å²) in [6.07, 6.45) is 1.84. The van der Waals surface area contributed by atoms with Crippen LogP contribution >= 0.6 is 11.3 Å². The van der Waals surface area contributed by atoms with Crippen LogP contribution in [0.5, 0.6) is 0 Å². The molecule has 1 aromatic carbocycles. The Kier molecular flexibility index (Phi) is 3.29. The van der Waals surface area contributed by atoms with Gasteiger partial charge in [-0.15, -0.1) is 11.3 Å². The zero-order valence-corrected chi connectivity index (χ0v) is 11.4. The SMILES string of the molecule is Cc1ccsc1C(NN)c1ccnc2ccccc12. The van der Waals surface area contributed by atoms with E-state index in [0.717, 1.165) is 10.9 Å². The van der Waals surface area contributed by atoms with Crippen LogP contribution in [-0.4, -0.2) is 4.98 Å². The number of nitrogens with two attached hydrogens (primary N) is 1. The van der Waals surface area contributed by atoms with Crippen LogP contribution in [0.1, 0.15) is 22.0 Å². The smallest absolute Gasteiger partial charge is 0.0812 e. The normalized spacial score (nSPS) is 12.7. The molecule has 0 bridgehead atoms. The van der Waals surface area contributed by atoms with Crippen LogP contribution in [0.15, 0.2) is 48.0 Å². The number of aryl methyl sites for hydroxylation is 1. The summed E-state index contributed by atoms with van der Waals surface area (Å²) < 4.78 is 0. The standard InChI is InChI=1S/C15H15N3S/c1-10-7-9-19-15(10)14(18-16)12-6-8-17-13-5-3-2-4-11(12)13/h2-9,14,18H,16H2,1H3. The Morgan fingerprint density at radius 3 is 2.79 bits per heavy atom. The number of para-hydroxylation sites is 1. The molecule has 0 saturated heterocycles. The maximum absolute atomic E-state index is 5.79. The molecule has 0 amide bonds. The largest absolute Gasteiger partial charge is 0.271 e. The van der Waals surface area contributed by atoms with Crippen molar-refractivity contribution >= 4 is 22.2 Å². The topological polar surface area (TPSA) is 50.9 Å². The van der Waals surface area contributed by atoms with E-state index in [1.165, 1.54) is 16.0 Å². The molecular weight excluding hydrogens is 254 g/mol.